The number of hydrogen-bond donors (Lipinski definition) is 3. The summed E-state index contributed by atoms with van der Waals surface area (Å²) in [6, 6.07) is 7.25. The molecular formula is C15H23N3O2. The molecule has 0 spiro atoms. The zero-order chi connectivity index (χ0) is 15.1. The number of benzene rings is 1. The molecule has 1 aromatic carbocycles. The molecular weight excluding hydrogens is 254 g/mol. The van der Waals surface area contributed by atoms with Crippen molar-refractivity contribution in [1.82, 2.24) is 5.32 Å². The lowest BCUT2D eigenvalue weighted by atomic mass is 9.95. The van der Waals surface area contributed by atoms with Crippen molar-refractivity contribution in [3.63, 3.8) is 0 Å². The highest BCUT2D eigenvalue weighted by Gasteiger charge is 2.20. The predicted octanol–water partition coefficient (Wildman–Crippen LogP) is 1.14. The monoisotopic (exact) mass is 277 g/mol. The summed E-state index contributed by atoms with van der Waals surface area (Å²) in [4.78, 5) is 23.3. The smallest absolute Gasteiger partial charge is 0.229 e. The van der Waals surface area contributed by atoms with Crippen molar-refractivity contribution in [2.24, 2.45) is 17.6 Å². The first kappa shape index (κ1) is 16.2. The summed E-state index contributed by atoms with van der Waals surface area (Å²) in [6.45, 7) is 4.28. The number of likely N-dealkylation sites (N-methyl/N-ethyl adjacent to an activating group) is 1. The Labute approximate surface area is 119 Å². The molecule has 0 fully saturated rings. The highest BCUT2D eigenvalue weighted by Crippen LogP contribution is 2.15. The van der Waals surface area contributed by atoms with Crippen LogP contribution in [-0.4, -0.2) is 25.4 Å². The first-order valence-electron chi connectivity index (χ1n) is 6.78. The molecule has 0 aliphatic carbocycles. The second-order valence-corrected chi connectivity index (χ2v) is 5.12. The number of nitrogens with one attached hydrogen (secondary N) is 2. The van der Waals surface area contributed by atoms with E-state index in [4.69, 9.17) is 5.73 Å². The van der Waals surface area contributed by atoms with E-state index in [0.717, 1.165) is 11.3 Å². The number of nitrogens with two attached hydrogens (primary N) is 1. The maximum atomic E-state index is 12.0. The van der Waals surface area contributed by atoms with Crippen LogP contribution in [0.25, 0.3) is 0 Å². The Morgan fingerprint density at radius 3 is 2.25 bits per heavy atom. The van der Waals surface area contributed by atoms with Crippen LogP contribution >= 0.6 is 0 Å². The van der Waals surface area contributed by atoms with Crippen LogP contribution in [-0.2, 0) is 16.0 Å². The van der Waals surface area contributed by atoms with Crippen molar-refractivity contribution in [2.45, 2.75) is 20.3 Å². The molecule has 0 radical (unpaired) electrons. The van der Waals surface area contributed by atoms with Crippen molar-refractivity contribution in [3.05, 3.63) is 29.8 Å². The summed E-state index contributed by atoms with van der Waals surface area (Å²) in [7, 11) is 1.61. The minimum atomic E-state index is -0.194. The fourth-order valence-electron chi connectivity index (χ4n) is 1.90. The van der Waals surface area contributed by atoms with Gasteiger partial charge in [0.25, 0.3) is 0 Å². The molecule has 2 amide bonds. The molecule has 1 rings (SSSR count). The van der Waals surface area contributed by atoms with Crippen LogP contribution in [0.4, 0.5) is 5.69 Å². The molecule has 5 nitrogen and oxygen atoms in total. The van der Waals surface area contributed by atoms with Gasteiger partial charge in [-0.05, 0) is 23.6 Å². The van der Waals surface area contributed by atoms with Crippen molar-refractivity contribution >= 4 is 17.5 Å². The second kappa shape index (κ2) is 7.65. The number of anilines is 1. The Bertz CT molecular complexity index is 455. The molecule has 0 aliphatic rings. The topological polar surface area (TPSA) is 84.2 Å². The highest BCUT2D eigenvalue weighted by atomic mass is 16.2. The molecule has 20 heavy (non-hydrogen) atoms. The number of rotatable bonds is 6. The van der Waals surface area contributed by atoms with E-state index in [1.807, 2.05) is 26.0 Å². The lowest BCUT2D eigenvalue weighted by Crippen LogP contribution is -2.33. The minimum absolute atomic E-state index is 0.0372. The maximum Gasteiger partial charge on any atom is 0.229 e. The zero-order valence-electron chi connectivity index (χ0n) is 12.3. The van der Waals surface area contributed by atoms with E-state index >= 15 is 0 Å². The Hall–Kier alpha value is -1.88. The third-order valence-corrected chi connectivity index (χ3v) is 3.26. The van der Waals surface area contributed by atoms with Crippen LogP contribution < -0.4 is 16.4 Å². The van der Waals surface area contributed by atoms with Gasteiger partial charge in [0, 0.05) is 19.3 Å². The molecule has 0 saturated heterocycles. The first-order chi connectivity index (χ1) is 9.47. The number of carbonyl (C=O) groups is 2. The fourth-order valence-corrected chi connectivity index (χ4v) is 1.90. The second-order valence-electron chi connectivity index (χ2n) is 5.12. The lowest BCUT2D eigenvalue weighted by Gasteiger charge is -2.18. The summed E-state index contributed by atoms with van der Waals surface area (Å²) in [5.41, 5.74) is 7.24. The van der Waals surface area contributed by atoms with E-state index < -0.39 is 0 Å². The van der Waals surface area contributed by atoms with Crippen LogP contribution in [0.2, 0.25) is 0 Å². The van der Waals surface area contributed by atoms with Gasteiger partial charge >= 0.3 is 0 Å². The van der Waals surface area contributed by atoms with Crippen molar-refractivity contribution < 1.29 is 9.59 Å². The fraction of sp³-hybridized carbons (Fsp3) is 0.467. The molecule has 0 aromatic heterocycles. The van der Waals surface area contributed by atoms with Gasteiger partial charge in [0.2, 0.25) is 11.8 Å². The van der Waals surface area contributed by atoms with Gasteiger partial charge in [-0.3, -0.25) is 9.59 Å². The molecule has 0 bridgehead atoms. The molecule has 5 heteroatoms. The van der Waals surface area contributed by atoms with Crippen LogP contribution in [0.1, 0.15) is 19.4 Å². The van der Waals surface area contributed by atoms with Crippen LogP contribution in [0.3, 0.4) is 0 Å². The normalized spacial score (nSPS) is 12.1. The number of hydrogen-bond acceptors (Lipinski definition) is 3. The maximum absolute atomic E-state index is 12.0. The summed E-state index contributed by atoms with van der Waals surface area (Å²) in [6.07, 6.45) is 0.335. The van der Waals surface area contributed by atoms with Crippen LogP contribution in [0, 0.1) is 11.8 Å². The zero-order valence-corrected chi connectivity index (χ0v) is 12.3. The summed E-state index contributed by atoms with van der Waals surface area (Å²) in [5, 5.41) is 5.42. The standard InChI is InChI=1S/C15H23N3O2/c1-10(2)13(9-16)15(20)18-12-6-4-11(5-7-12)8-14(19)17-3/h4-7,10,13H,8-9,16H2,1-3H3,(H,17,19)(H,18,20). The van der Waals surface area contributed by atoms with Crippen LogP contribution in [0.5, 0.6) is 0 Å². The summed E-state index contributed by atoms with van der Waals surface area (Å²) < 4.78 is 0. The Kier molecular flexibility index (Phi) is 6.18. The van der Waals surface area contributed by atoms with Gasteiger partial charge < -0.3 is 16.4 Å². The quantitative estimate of drug-likeness (QED) is 0.729. The van der Waals surface area contributed by atoms with Crippen molar-refractivity contribution in [1.29, 1.82) is 0 Å². The third-order valence-electron chi connectivity index (χ3n) is 3.26. The Balaban J connectivity index is 2.65. The van der Waals surface area contributed by atoms with E-state index in [9.17, 15) is 9.59 Å². The molecule has 110 valence electrons. The predicted molar refractivity (Wildman–Crippen MR) is 80.2 cm³/mol. The van der Waals surface area contributed by atoms with Crippen molar-refractivity contribution in [3.8, 4) is 0 Å². The summed E-state index contributed by atoms with van der Waals surface area (Å²) in [5.74, 6) is -0.0978. The molecule has 0 saturated carbocycles. The number of carbonyl (C=O) groups excluding carboxylic acids is 2. The van der Waals surface area contributed by atoms with E-state index in [0.29, 0.717) is 13.0 Å². The first-order valence-corrected chi connectivity index (χ1v) is 6.78. The largest absolute Gasteiger partial charge is 0.359 e. The minimum Gasteiger partial charge on any atom is -0.359 e. The molecule has 0 heterocycles. The Morgan fingerprint density at radius 2 is 1.80 bits per heavy atom. The van der Waals surface area contributed by atoms with Gasteiger partial charge in [-0.15, -0.1) is 0 Å². The highest BCUT2D eigenvalue weighted by molar-refractivity contribution is 5.92. The average Bonchev–Trinajstić information content (AvgIpc) is 2.41. The molecule has 4 N–H and O–H groups in total. The average molecular weight is 277 g/mol. The number of amides is 2. The van der Waals surface area contributed by atoms with Gasteiger partial charge in [-0.1, -0.05) is 26.0 Å². The lowest BCUT2D eigenvalue weighted by molar-refractivity contribution is -0.121. The van der Waals surface area contributed by atoms with Crippen LogP contribution in [0.15, 0.2) is 24.3 Å². The SMILES string of the molecule is CNC(=O)Cc1ccc(NC(=O)C(CN)C(C)C)cc1. The third kappa shape index (κ3) is 4.66. The molecule has 0 aliphatic heterocycles. The molecule has 1 atom stereocenters. The molecule has 1 unspecified atom stereocenters. The van der Waals surface area contributed by atoms with E-state index in [2.05, 4.69) is 10.6 Å². The van der Waals surface area contributed by atoms with Gasteiger partial charge in [0.05, 0.1) is 12.3 Å². The van der Waals surface area contributed by atoms with Crippen molar-refractivity contribution in [2.75, 3.05) is 18.9 Å². The molecule has 1 aromatic rings. The van der Waals surface area contributed by atoms with Gasteiger partial charge in [-0.2, -0.15) is 0 Å². The Morgan fingerprint density at radius 1 is 1.20 bits per heavy atom. The van der Waals surface area contributed by atoms with Gasteiger partial charge in [0.15, 0.2) is 0 Å². The van der Waals surface area contributed by atoms with E-state index in [1.54, 1.807) is 19.2 Å². The van der Waals surface area contributed by atoms with Gasteiger partial charge in [0.1, 0.15) is 0 Å². The van der Waals surface area contributed by atoms with Gasteiger partial charge in [-0.25, -0.2) is 0 Å². The summed E-state index contributed by atoms with van der Waals surface area (Å²) >= 11 is 0. The van der Waals surface area contributed by atoms with E-state index in [-0.39, 0.29) is 23.7 Å². The van der Waals surface area contributed by atoms with E-state index in [1.165, 1.54) is 0 Å².